The quantitative estimate of drug-likeness (QED) is 0.926. The molecule has 1 aliphatic rings. The first kappa shape index (κ1) is 12.6. The number of hydrogen-bond donors (Lipinski definition) is 1. The van der Waals surface area contributed by atoms with Crippen LogP contribution in [0.4, 0.5) is 11.6 Å². The van der Waals surface area contributed by atoms with Crippen LogP contribution in [0.15, 0.2) is 48.8 Å². The summed E-state index contributed by atoms with van der Waals surface area (Å²) in [6.07, 6.45) is 5.21. The molecule has 0 saturated carbocycles. The van der Waals surface area contributed by atoms with Crippen LogP contribution in [0.2, 0.25) is 0 Å². The average molecular weight is 268 g/mol. The lowest BCUT2D eigenvalue weighted by atomic mass is 10.2. The van der Waals surface area contributed by atoms with E-state index in [-0.39, 0.29) is 11.9 Å². The van der Waals surface area contributed by atoms with Gasteiger partial charge in [0.05, 0.1) is 0 Å². The standard InChI is InChI=1S/C15H16N4O/c20-14(18-12-6-2-1-3-7-12)13-8-4-11-19(13)15-16-9-5-10-17-15/h1-3,5-7,9-10,13H,4,8,11H2,(H,18,20)/t13-/m1/s1. The third-order valence-corrected chi connectivity index (χ3v) is 3.41. The summed E-state index contributed by atoms with van der Waals surface area (Å²) in [6.45, 7) is 0.816. The zero-order chi connectivity index (χ0) is 13.8. The van der Waals surface area contributed by atoms with E-state index in [0.717, 1.165) is 25.1 Å². The van der Waals surface area contributed by atoms with Crippen LogP contribution in [0, 0.1) is 0 Å². The van der Waals surface area contributed by atoms with Gasteiger partial charge in [0, 0.05) is 24.6 Å². The van der Waals surface area contributed by atoms with Gasteiger partial charge < -0.3 is 10.2 Å². The van der Waals surface area contributed by atoms with E-state index in [2.05, 4.69) is 15.3 Å². The molecule has 1 aromatic carbocycles. The second-order valence-electron chi connectivity index (χ2n) is 4.76. The van der Waals surface area contributed by atoms with Crippen LogP contribution in [0.25, 0.3) is 0 Å². The Hall–Kier alpha value is -2.43. The van der Waals surface area contributed by atoms with Crippen molar-refractivity contribution in [1.82, 2.24) is 9.97 Å². The van der Waals surface area contributed by atoms with Crippen molar-refractivity contribution in [2.24, 2.45) is 0 Å². The lowest BCUT2D eigenvalue weighted by Crippen LogP contribution is -2.40. The molecule has 3 rings (SSSR count). The Balaban J connectivity index is 1.74. The van der Waals surface area contributed by atoms with Crippen LogP contribution in [-0.4, -0.2) is 28.5 Å². The Labute approximate surface area is 117 Å². The van der Waals surface area contributed by atoms with Gasteiger partial charge in [-0.15, -0.1) is 0 Å². The smallest absolute Gasteiger partial charge is 0.247 e. The third kappa shape index (κ3) is 2.61. The van der Waals surface area contributed by atoms with Crippen LogP contribution in [-0.2, 0) is 4.79 Å². The largest absolute Gasteiger partial charge is 0.329 e. The number of anilines is 2. The van der Waals surface area contributed by atoms with Crippen molar-refractivity contribution in [3.8, 4) is 0 Å². The van der Waals surface area contributed by atoms with Gasteiger partial charge in [-0.1, -0.05) is 18.2 Å². The molecule has 1 atom stereocenters. The van der Waals surface area contributed by atoms with E-state index in [9.17, 15) is 4.79 Å². The molecular weight excluding hydrogens is 252 g/mol. The summed E-state index contributed by atoms with van der Waals surface area (Å²) in [5.41, 5.74) is 0.818. The maximum absolute atomic E-state index is 12.4. The summed E-state index contributed by atoms with van der Waals surface area (Å²) in [6, 6.07) is 11.1. The fourth-order valence-corrected chi connectivity index (χ4v) is 2.47. The minimum Gasteiger partial charge on any atom is -0.329 e. The molecule has 1 aliphatic heterocycles. The Morgan fingerprint density at radius 1 is 1.15 bits per heavy atom. The lowest BCUT2D eigenvalue weighted by molar-refractivity contribution is -0.117. The molecule has 0 unspecified atom stereocenters. The van der Waals surface area contributed by atoms with E-state index in [1.807, 2.05) is 35.2 Å². The number of amides is 1. The molecular formula is C15H16N4O. The van der Waals surface area contributed by atoms with Crippen molar-refractivity contribution < 1.29 is 4.79 Å². The molecule has 20 heavy (non-hydrogen) atoms. The van der Waals surface area contributed by atoms with E-state index >= 15 is 0 Å². The summed E-state index contributed by atoms with van der Waals surface area (Å²) >= 11 is 0. The van der Waals surface area contributed by atoms with Crippen molar-refractivity contribution >= 4 is 17.5 Å². The predicted octanol–water partition coefficient (Wildman–Crippen LogP) is 2.08. The van der Waals surface area contributed by atoms with Gasteiger partial charge in [-0.3, -0.25) is 4.79 Å². The first-order valence-corrected chi connectivity index (χ1v) is 6.74. The number of rotatable bonds is 3. The number of nitrogens with zero attached hydrogens (tertiary/aromatic N) is 3. The zero-order valence-electron chi connectivity index (χ0n) is 11.1. The minimum absolute atomic E-state index is 0.00107. The monoisotopic (exact) mass is 268 g/mol. The van der Waals surface area contributed by atoms with Crippen LogP contribution < -0.4 is 10.2 Å². The molecule has 5 nitrogen and oxygen atoms in total. The molecule has 1 saturated heterocycles. The summed E-state index contributed by atoms with van der Waals surface area (Å²) in [5.74, 6) is 0.624. The van der Waals surface area contributed by atoms with Gasteiger partial charge in [0.25, 0.3) is 0 Å². The van der Waals surface area contributed by atoms with Gasteiger partial charge in [0.1, 0.15) is 6.04 Å². The summed E-state index contributed by atoms with van der Waals surface area (Å²) in [4.78, 5) is 22.8. The second-order valence-corrected chi connectivity index (χ2v) is 4.76. The van der Waals surface area contributed by atoms with E-state index in [4.69, 9.17) is 0 Å². The Kier molecular flexibility index (Phi) is 3.58. The number of nitrogens with one attached hydrogen (secondary N) is 1. The summed E-state index contributed by atoms with van der Waals surface area (Å²) < 4.78 is 0. The topological polar surface area (TPSA) is 58.1 Å². The highest BCUT2D eigenvalue weighted by Gasteiger charge is 2.32. The number of carbonyl (C=O) groups is 1. The van der Waals surface area contributed by atoms with Gasteiger partial charge in [0.15, 0.2) is 0 Å². The third-order valence-electron chi connectivity index (χ3n) is 3.41. The molecule has 1 N–H and O–H groups in total. The van der Waals surface area contributed by atoms with Crippen LogP contribution in [0.3, 0.4) is 0 Å². The van der Waals surface area contributed by atoms with E-state index < -0.39 is 0 Å². The molecule has 1 amide bonds. The van der Waals surface area contributed by atoms with E-state index in [1.54, 1.807) is 18.5 Å². The molecule has 0 aliphatic carbocycles. The molecule has 2 aromatic rings. The first-order chi connectivity index (χ1) is 9.84. The molecule has 102 valence electrons. The summed E-state index contributed by atoms with van der Waals surface area (Å²) in [5, 5.41) is 2.95. The number of aromatic nitrogens is 2. The zero-order valence-corrected chi connectivity index (χ0v) is 11.1. The van der Waals surface area contributed by atoms with Gasteiger partial charge in [-0.05, 0) is 31.0 Å². The van der Waals surface area contributed by atoms with Crippen LogP contribution in [0.5, 0.6) is 0 Å². The van der Waals surface area contributed by atoms with Crippen LogP contribution >= 0.6 is 0 Å². The van der Waals surface area contributed by atoms with Gasteiger partial charge >= 0.3 is 0 Å². The van der Waals surface area contributed by atoms with Crippen molar-refractivity contribution in [2.75, 3.05) is 16.8 Å². The Morgan fingerprint density at radius 3 is 2.65 bits per heavy atom. The number of para-hydroxylation sites is 1. The highest BCUT2D eigenvalue weighted by Crippen LogP contribution is 2.23. The van der Waals surface area contributed by atoms with Gasteiger partial charge in [0.2, 0.25) is 11.9 Å². The fourth-order valence-electron chi connectivity index (χ4n) is 2.47. The Morgan fingerprint density at radius 2 is 1.90 bits per heavy atom. The maximum Gasteiger partial charge on any atom is 0.247 e. The second kappa shape index (κ2) is 5.69. The van der Waals surface area contributed by atoms with Crippen molar-refractivity contribution in [1.29, 1.82) is 0 Å². The number of benzene rings is 1. The predicted molar refractivity (Wildman–Crippen MR) is 77.5 cm³/mol. The SMILES string of the molecule is O=C(Nc1ccccc1)[C@H]1CCCN1c1ncccn1. The highest BCUT2D eigenvalue weighted by atomic mass is 16.2. The lowest BCUT2D eigenvalue weighted by Gasteiger charge is -2.23. The number of carbonyl (C=O) groups excluding carboxylic acids is 1. The van der Waals surface area contributed by atoms with Gasteiger partial charge in [-0.25, -0.2) is 9.97 Å². The first-order valence-electron chi connectivity index (χ1n) is 6.74. The Bertz CT molecular complexity index is 573. The molecule has 1 fully saturated rings. The van der Waals surface area contributed by atoms with Crippen LogP contribution in [0.1, 0.15) is 12.8 Å². The fraction of sp³-hybridized carbons (Fsp3) is 0.267. The van der Waals surface area contributed by atoms with E-state index in [1.165, 1.54) is 0 Å². The molecule has 1 aromatic heterocycles. The molecule has 0 spiro atoms. The van der Waals surface area contributed by atoms with Crippen molar-refractivity contribution in [2.45, 2.75) is 18.9 Å². The average Bonchev–Trinajstić information content (AvgIpc) is 2.99. The van der Waals surface area contributed by atoms with Gasteiger partial charge in [-0.2, -0.15) is 0 Å². The van der Waals surface area contributed by atoms with E-state index in [0.29, 0.717) is 5.95 Å². The normalized spacial score (nSPS) is 18.0. The molecule has 2 heterocycles. The molecule has 0 radical (unpaired) electrons. The summed E-state index contributed by atoms with van der Waals surface area (Å²) in [7, 11) is 0. The maximum atomic E-state index is 12.4. The van der Waals surface area contributed by atoms with Crippen molar-refractivity contribution in [3.63, 3.8) is 0 Å². The number of hydrogen-bond acceptors (Lipinski definition) is 4. The molecule has 5 heteroatoms. The molecule has 0 bridgehead atoms. The minimum atomic E-state index is -0.197. The highest BCUT2D eigenvalue weighted by molar-refractivity contribution is 5.96. The van der Waals surface area contributed by atoms with Crippen molar-refractivity contribution in [3.05, 3.63) is 48.8 Å².